The minimum absolute atomic E-state index is 0.0628. The Morgan fingerprint density at radius 3 is 2.18 bits per heavy atom. The number of carbonyl (C=O) groups is 2. The minimum atomic E-state index is -3.72. The molecule has 3 aliphatic heterocycles. The fourth-order valence-corrected chi connectivity index (χ4v) is 5.83. The Morgan fingerprint density at radius 2 is 1.52 bits per heavy atom. The number of nitrogens with zero attached hydrogens (tertiary/aromatic N) is 3. The van der Waals surface area contributed by atoms with Gasteiger partial charge in [-0.3, -0.25) is 4.79 Å². The number of carbonyl (C=O) groups excluding carboxylic acids is 2. The number of hydrogen-bond donors (Lipinski definition) is 0. The van der Waals surface area contributed by atoms with Crippen molar-refractivity contribution in [1.29, 1.82) is 0 Å². The number of anilines is 1. The van der Waals surface area contributed by atoms with Gasteiger partial charge >= 0.3 is 5.97 Å². The number of hydrogen-bond acceptors (Lipinski definition) is 8. The lowest BCUT2D eigenvalue weighted by atomic mass is 10.1. The molecule has 3 fully saturated rings. The number of sulfonamides is 1. The first-order valence-corrected chi connectivity index (χ1v) is 12.9. The number of morpholine rings is 2. The fraction of sp³-hybridized carbons (Fsp3) is 0.636. The van der Waals surface area contributed by atoms with Crippen LogP contribution in [-0.4, -0.2) is 102 Å². The van der Waals surface area contributed by atoms with Crippen molar-refractivity contribution in [3.05, 3.63) is 23.8 Å². The summed E-state index contributed by atoms with van der Waals surface area (Å²) in [5.74, 6) is -1.01. The van der Waals surface area contributed by atoms with Crippen LogP contribution in [0.5, 0.6) is 0 Å². The summed E-state index contributed by atoms with van der Waals surface area (Å²) in [5.41, 5.74) is 0.726. The second kappa shape index (κ2) is 10.8. The van der Waals surface area contributed by atoms with Crippen LogP contribution >= 0.6 is 0 Å². The van der Waals surface area contributed by atoms with Gasteiger partial charge < -0.3 is 24.0 Å². The smallest absolute Gasteiger partial charge is 0.340 e. The average molecular weight is 482 g/mol. The van der Waals surface area contributed by atoms with Crippen molar-refractivity contribution in [1.82, 2.24) is 9.21 Å². The molecule has 3 saturated heterocycles. The third-order valence-corrected chi connectivity index (χ3v) is 8.08. The van der Waals surface area contributed by atoms with E-state index in [4.69, 9.17) is 14.2 Å². The molecule has 0 radical (unpaired) electrons. The van der Waals surface area contributed by atoms with Gasteiger partial charge in [0.2, 0.25) is 10.0 Å². The molecule has 0 saturated carbocycles. The largest absolute Gasteiger partial charge is 0.452 e. The molecule has 33 heavy (non-hydrogen) atoms. The second-order valence-corrected chi connectivity index (χ2v) is 10.3. The summed E-state index contributed by atoms with van der Waals surface area (Å²) in [6.07, 6.45) is 2.66. The standard InChI is InChI=1S/C22H31N3O7S/c26-21(24-10-14-31-15-11-24)17-32-22(27)19-16-18(33(28,29)25-6-2-1-3-7-25)4-5-20(19)23-8-12-30-13-9-23/h4-5,16H,1-3,6-15,17H2. The van der Waals surface area contributed by atoms with Crippen molar-refractivity contribution in [2.24, 2.45) is 0 Å². The fourth-order valence-electron chi connectivity index (χ4n) is 4.28. The van der Waals surface area contributed by atoms with E-state index >= 15 is 0 Å². The van der Waals surface area contributed by atoms with Gasteiger partial charge in [-0.1, -0.05) is 6.42 Å². The van der Waals surface area contributed by atoms with Crippen LogP contribution in [0.15, 0.2) is 23.1 Å². The molecule has 1 aromatic carbocycles. The maximum atomic E-state index is 13.2. The summed E-state index contributed by atoms with van der Waals surface area (Å²) < 4.78 is 43.8. The SMILES string of the molecule is O=C(OCC(=O)N1CCOCC1)c1cc(S(=O)(=O)N2CCCCC2)ccc1N1CCOCC1. The van der Waals surface area contributed by atoms with Gasteiger partial charge in [-0.05, 0) is 31.0 Å². The normalized spacial score (nSPS) is 20.5. The molecule has 0 aliphatic carbocycles. The lowest BCUT2D eigenvalue weighted by Crippen LogP contribution is -2.42. The van der Waals surface area contributed by atoms with Gasteiger partial charge in [0.25, 0.3) is 5.91 Å². The van der Waals surface area contributed by atoms with Crippen LogP contribution in [0.3, 0.4) is 0 Å². The van der Waals surface area contributed by atoms with E-state index < -0.39 is 22.6 Å². The van der Waals surface area contributed by atoms with Crippen LogP contribution in [0, 0.1) is 0 Å². The predicted molar refractivity (Wildman–Crippen MR) is 120 cm³/mol. The summed E-state index contributed by atoms with van der Waals surface area (Å²) >= 11 is 0. The van der Waals surface area contributed by atoms with Crippen molar-refractivity contribution >= 4 is 27.6 Å². The molecule has 0 bridgehead atoms. The number of piperidine rings is 1. The Morgan fingerprint density at radius 1 is 0.879 bits per heavy atom. The van der Waals surface area contributed by atoms with Crippen LogP contribution in [-0.2, 0) is 29.0 Å². The Hall–Kier alpha value is -2.21. The lowest BCUT2D eigenvalue weighted by molar-refractivity contribution is -0.138. The maximum absolute atomic E-state index is 13.2. The lowest BCUT2D eigenvalue weighted by Gasteiger charge is -2.31. The number of rotatable bonds is 6. The summed E-state index contributed by atoms with van der Waals surface area (Å²) in [4.78, 5) is 29.1. The van der Waals surface area contributed by atoms with Gasteiger partial charge in [0.1, 0.15) is 0 Å². The summed E-state index contributed by atoms with van der Waals surface area (Å²) in [6, 6.07) is 4.59. The van der Waals surface area contributed by atoms with E-state index in [0.29, 0.717) is 71.4 Å². The molecule has 3 aliphatic rings. The Labute approximate surface area is 194 Å². The molecule has 11 heteroatoms. The van der Waals surface area contributed by atoms with Crippen molar-refractivity contribution < 1.29 is 32.2 Å². The first kappa shape index (κ1) is 23.9. The Bertz CT molecular complexity index is 951. The highest BCUT2D eigenvalue weighted by Crippen LogP contribution is 2.28. The molecule has 182 valence electrons. The Kier molecular flexibility index (Phi) is 7.84. The maximum Gasteiger partial charge on any atom is 0.340 e. The number of amides is 1. The topological polar surface area (TPSA) is 106 Å². The molecule has 0 atom stereocenters. The molecule has 0 aromatic heterocycles. The average Bonchev–Trinajstić information content (AvgIpc) is 2.88. The first-order valence-electron chi connectivity index (χ1n) is 11.5. The zero-order valence-corrected chi connectivity index (χ0v) is 19.6. The quantitative estimate of drug-likeness (QED) is 0.547. The highest BCUT2D eigenvalue weighted by molar-refractivity contribution is 7.89. The van der Waals surface area contributed by atoms with Crippen LogP contribution in [0.1, 0.15) is 29.6 Å². The molecule has 0 unspecified atom stereocenters. The van der Waals surface area contributed by atoms with Gasteiger partial charge in [-0.15, -0.1) is 0 Å². The molecular weight excluding hydrogens is 450 g/mol. The monoisotopic (exact) mass is 481 g/mol. The molecular formula is C22H31N3O7S. The summed E-state index contributed by atoms with van der Waals surface area (Å²) in [5, 5.41) is 0. The minimum Gasteiger partial charge on any atom is -0.452 e. The molecule has 1 amide bonds. The zero-order chi connectivity index (χ0) is 23.3. The van der Waals surface area contributed by atoms with Crippen molar-refractivity contribution in [2.75, 3.05) is 77.2 Å². The molecule has 3 heterocycles. The Balaban J connectivity index is 1.56. The van der Waals surface area contributed by atoms with Crippen LogP contribution in [0.25, 0.3) is 0 Å². The van der Waals surface area contributed by atoms with Crippen molar-refractivity contribution in [3.8, 4) is 0 Å². The highest BCUT2D eigenvalue weighted by atomic mass is 32.2. The number of esters is 1. The van der Waals surface area contributed by atoms with Gasteiger partial charge in [0, 0.05) is 39.3 Å². The number of ether oxygens (including phenoxy) is 3. The van der Waals surface area contributed by atoms with E-state index in [2.05, 4.69) is 0 Å². The molecule has 4 rings (SSSR count). The van der Waals surface area contributed by atoms with Crippen LogP contribution < -0.4 is 4.90 Å². The van der Waals surface area contributed by atoms with E-state index in [1.807, 2.05) is 4.90 Å². The second-order valence-electron chi connectivity index (χ2n) is 8.31. The van der Waals surface area contributed by atoms with Crippen LogP contribution in [0.2, 0.25) is 0 Å². The highest BCUT2D eigenvalue weighted by Gasteiger charge is 2.29. The molecule has 10 nitrogen and oxygen atoms in total. The van der Waals surface area contributed by atoms with E-state index in [1.54, 1.807) is 17.0 Å². The molecule has 0 spiro atoms. The first-order chi connectivity index (χ1) is 16.0. The van der Waals surface area contributed by atoms with Gasteiger partial charge in [0.15, 0.2) is 6.61 Å². The van der Waals surface area contributed by atoms with Gasteiger partial charge in [-0.25, -0.2) is 13.2 Å². The van der Waals surface area contributed by atoms with E-state index in [-0.39, 0.29) is 16.4 Å². The predicted octanol–water partition coefficient (Wildman–Crippen LogP) is 0.713. The summed E-state index contributed by atoms with van der Waals surface area (Å²) in [7, 11) is -3.72. The number of benzene rings is 1. The van der Waals surface area contributed by atoms with E-state index in [9.17, 15) is 18.0 Å². The third kappa shape index (κ3) is 5.65. The van der Waals surface area contributed by atoms with E-state index in [0.717, 1.165) is 19.3 Å². The van der Waals surface area contributed by atoms with Crippen LogP contribution in [0.4, 0.5) is 5.69 Å². The third-order valence-electron chi connectivity index (χ3n) is 6.18. The van der Waals surface area contributed by atoms with Crippen molar-refractivity contribution in [3.63, 3.8) is 0 Å². The van der Waals surface area contributed by atoms with Gasteiger partial charge in [-0.2, -0.15) is 4.31 Å². The van der Waals surface area contributed by atoms with E-state index in [1.165, 1.54) is 10.4 Å². The molecule has 0 N–H and O–H groups in total. The zero-order valence-electron chi connectivity index (χ0n) is 18.7. The summed E-state index contributed by atoms with van der Waals surface area (Å²) in [6.45, 7) is 4.55. The molecule has 1 aromatic rings. The van der Waals surface area contributed by atoms with Crippen molar-refractivity contribution in [2.45, 2.75) is 24.2 Å². The van der Waals surface area contributed by atoms with Gasteiger partial charge in [0.05, 0.1) is 42.6 Å².